The number of likely N-dealkylation sites (tertiary alicyclic amines) is 1. The zero-order valence-corrected chi connectivity index (χ0v) is 12.7. The van der Waals surface area contributed by atoms with Crippen LogP contribution in [0.15, 0.2) is 0 Å². The minimum absolute atomic E-state index is 0.439. The van der Waals surface area contributed by atoms with Gasteiger partial charge >= 0.3 is 0 Å². The van der Waals surface area contributed by atoms with Gasteiger partial charge in [-0.3, -0.25) is 4.90 Å². The van der Waals surface area contributed by atoms with Gasteiger partial charge in [0.05, 0.1) is 17.2 Å². The molecule has 0 aromatic carbocycles. The van der Waals surface area contributed by atoms with Gasteiger partial charge in [-0.05, 0) is 43.3 Å². The first-order chi connectivity index (χ1) is 9.19. The van der Waals surface area contributed by atoms with Crippen molar-refractivity contribution in [3.63, 3.8) is 0 Å². The number of hydrogen-bond donors (Lipinski definition) is 0. The van der Waals surface area contributed by atoms with E-state index in [2.05, 4.69) is 28.3 Å². The summed E-state index contributed by atoms with van der Waals surface area (Å²) in [5, 5.41) is 4.29. The second-order valence-electron chi connectivity index (χ2n) is 6.35. The Bertz CT molecular complexity index is 426. The zero-order valence-electron chi connectivity index (χ0n) is 11.9. The van der Waals surface area contributed by atoms with Gasteiger partial charge in [0.15, 0.2) is 0 Å². The van der Waals surface area contributed by atoms with E-state index in [1.165, 1.54) is 42.9 Å². The van der Waals surface area contributed by atoms with Crippen molar-refractivity contribution in [2.24, 2.45) is 5.41 Å². The van der Waals surface area contributed by atoms with Crippen LogP contribution in [0.4, 0.5) is 0 Å². The summed E-state index contributed by atoms with van der Waals surface area (Å²) in [6.07, 6.45) is 3.87. The van der Waals surface area contributed by atoms with Gasteiger partial charge < -0.3 is 4.74 Å². The van der Waals surface area contributed by atoms with Crippen LogP contribution in [0.1, 0.15) is 49.6 Å². The van der Waals surface area contributed by atoms with E-state index in [0.717, 1.165) is 19.8 Å². The molecule has 0 N–H and O–H groups in total. The Morgan fingerprint density at radius 1 is 1.42 bits per heavy atom. The smallest absolute Gasteiger partial charge is 0.0826 e. The quantitative estimate of drug-likeness (QED) is 0.854. The average molecular weight is 281 g/mol. The molecule has 0 radical (unpaired) electrons. The molecule has 1 atom stereocenters. The molecule has 2 saturated heterocycles. The first-order valence-electron chi connectivity index (χ1n) is 7.30. The first kappa shape index (κ1) is 13.5. The average Bonchev–Trinajstić information content (AvgIpc) is 2.99. The summed E-state index contributed by atoms with van der Waals surface area (Å²) < 4.78 is 9.77. The van der Waals surface area contributed by atoms with Crippen LogP contribution in [0.25, 0.3) is 0 Å². The third kappa shape index (κ3) is 2.83. The summed E-state index contributed by atoms with van der Waals surface area (Å²) in [6.45, 7) is 9.71. The molecule has 106 valence electrons. The summed E-state index contributed by atoms with van der Waals surface area (Å²) >= 11 is 1.57. The molecule has 4 nitrogen and oxygen atoms in total. The molecule has 0 saturated carbocycles. The molecular formula is C14H23N3OS. The summed E-state index contributed by atoms with van der Waals surface area (Å²) in [5.74, 6) is 0.474. The highest BCUT2D eigenvalue weighted by Crippen LogP contribution is 2.38. The van der Waals surface area contributed by atoms with Gasteiger partial charge in [-0.2, -0.15) is 0 Å². The van der Waals surface area contributed by atoms with Crippen LogP contribution >= 0.6 is 11.5 Å². The van der Waals surface area contributed by atoms with Crippen molar-refractivity contribution in [2.75, 3.05) is 26.3 Å². The summed E-state index contributed by atoms with van der Waals surface area (Å²) in [4.78, 5) is 3.94. The molecule has 1 spiro atoms. The normalized spacial score (nSPS) is 28.6. The molecular weight excluding hydrogens is 258 g/mol. The second-order valence-corrected chi connectivity index (χ2v) is 7.19. The van der Waals surface area contributed by atoms with E-state index in [-0.39, 0.29) is 0 Å². The van der Waals surface area contributed by atoms with Crippen LogP contribution in [-0.2, 0) is 11.3 Å². The minimum Gasteiger partial charge on any atom is -0.381 e. The lowest BCUT2D eigenvalue weighted by Gasteiger charge is -2.39. The van der Waals surface area contributed by atoms with Crippen molar-refractivity contribution >= 4 is 11.5 Å². The Hall–Kier alpha value is -0.520. The predicted molar refractivity (Wildman–Crippen MR) is 76.4 cm³/mol. The molecule has 0 amide bonds. The van der Waals surface area contributed by atoms with E-state index in [0.29, 0.717) is 11.3 Å². The highest BCUT2D eigenvalue weighted by Gasteiger charge is 2.39. The summed E-state index contributed by atoms with van der Waals surface area (Å²) in [7, 11) is 0. The third-order valence-corrected chi connectivity index (χ3v) is 5.15. The van der Waals surface area contributed by atoms with E-state index >= 15 is 0 Å². The van der Waals surface area contributed by atoms with E-state index in [9.17, 15) is 0 Å². The molecule has 3 rings (SSSR count). The Balaban J connectivity index is 1.67. The lowest BCUT2D eigenvalue weighted by Crippen LogP contribution is -2.43. The SMILES string of the molecule is CC(C)c1nnsc1CN1CCC[C@@]2(CCOC2)C1. The predicted octanol–water partition coefficient (Wildman–Crippen LogP) is 2.66. The number of piperidine rings is 1. The molecule has 0 unspecified atom stereocenters. The molecule has 0 bridgehead atoms. The highest BCUT2D eigenvalue weighted by molar-refractivity contribution is 7.05. The van der Waals surface area contributed by atoms with Crippen molar-refractivity contribution in [3.8, 4) is 0 Å². The lowest BCUT2D eigenvalue weighted by atomic mass is 9.79. The third-order valence-electron chi connectivity index (χ3n) is 4.42. The van der Waals surface area contributed by atoms with Gasteiger partial charge in [-0.25, -0.2) is 0 Å². The van der Waals surface area contributed by atoms with E-state index in [4.69, 9.17) is 4.74 Å². The Morgan fingerprint density at radius 2 is 2.32 bits per heavy atom. The van der Waals surface area contributed by atoms with Crippen LogP contribution in [0, 0.1) is 5.41 Å². The fourth-order valence-electron chi connectivity index (χ4n) is 3.38. The topological polar surface area (TPSA) is 38.2 Å². The van der Waals surface area contributed by atoms with Crippen LogP contribution < -0.4 is 0 Å². The van der Waals surface area contributed by atoms with Gasteiger partial charge in [-0.15, -0.1) is 5.10 Å². The number of nitrogens with zero attached hydrogens (tertiary/aromatic N) is 3. The van der Waals surface area contributed by atoms with Gasteiger partial charge in [0.2, 0.25) is 0 Å². The second kappa shape index (κ2) is 5.46. The molecule has 1 aromatic rings. The molecule has 2 aliphatic rings. The molecule has 3 heterocycles. The largest absolute Gasteiger partial charge is 0.381 e. The first-order valence-corrected chi connectivity index (χ1v) is 8.07. The maximum atomic E-state index is 5.63. The fraction of sp³-hybridized carbons (Fsp3) is 0.857. The minimum atomic E-state index is 0.439. The Kier molecular flexibility index (Phi) is 3.87. The van der Waals surface area contributed by atoms with Crippen LogP contribution in [0.3, 0.4) is 0 Å². The number of aromatic nitrogens is 2. The van der Waals surface area contributed by atoms with E-state index in [1.807, 2.05) is 0 Å². The molecule has 0 aliphatic carbocycles. The van der Waals surface area contributed by atoms with Crippen molar-refractivity contribution in [2.45, 2.75) is 45.6 Å². The van der Waals surface area contributed by atoms with Crippen molar-refractivity contribution in [1.29, 1.82) is 0 Å². The van der Waals surface area contributed by atoms with Gasteiger partial charge in [0.25, 0.3) is 0 Å². The molecule has 2 aliphatic heterocycles. The van der Waals surface area contributed by atoms with E-state index in [1.54, 1.807) is 11.5 Å². The zero-order chi connectivity index (χ0) is 13.3. The van der Waals surface area contributed by atoms with Crippen LogP contribution in [0.2, 0.25) is 0 Å². The van der Waals surface area contributed by atoms with Crippen molar-refractivity contribution in [3.05, 3.63) is 10.6 Å². The number of rotatable bonds is 3. The van der Waals surface area contributed by atoms with Crippen molar-refractivity contribution in [1.82, 2.24) is 14.5 Å². The van der Waals surface area contributed by atoms with E-state index < -0.39 is 0 Å². The van der Waals surface area contributed by atoms with Crippen LogP contribution in [0.5, 0.6) is 0 Å². The Labute approximate surface area is 119 Å². The molecule has 2 fully saturated rings. The number of ether oxygens (including phenoxy) is 1. The molecule has 19 heavy (non-hydrogen) atoms. The maximum absolute atomic E-state index is 5.63. The highest BCUT2D eigenvalue weighted by atomic mass is 32.1. The Morgan fingerprint density at radius 3 is 3.05 bits per heavy atom. The summed E-state index contributed by atoms with van der Waals surface area (Å²) in [5.41, 5.74) is 1.63. The fourth-order valence-corrected chi connectivity index (χ4v) is 4.22. The molecule has 1 aromatic heterocycles. The van der Waals surface area contributed by atoms with Gasteiger partial charge in [0, 0.05) is 25.1 Å². The number of hydrogen-bond acceptors (Lipinski definition) is 5. The van der Waals surface area contributed by atoms with Crippen LogP contribution in [-0.4, -0.2) is 40.8 Å². The maximum Gasteiger partial charge on any atom is 0.0826 e. The standard InChI is InChI=1S/C14H23N3OS/c1-11(2)13-12(19-16-15-13)8-17-6-3-4-14(9-17)5-7-18-10-14/h11H,3-10H2,1-2H3/t14-/m1/s1. The molecule has 5 heteroatoms. The monoisotopic (exact) mass is 281 g/mol. The van der Waals surface area contributed by atoms with Gasteiger partial charge in [0.1, 0.15) is 0 Å². The summed E-state index contributed by atoms with van der Waals surface area (Å²) in [6, 6.07) is 0. The lowest BCUT2D eigenvalue weighted by molar-refractivity contribution is 0.0648. The van der Waals surface area contributed by atoms with Gasteiger partial charge in [-0.1, -0.05) is 18.3 Å². The van der Waals surface area contributed by atoms with Crippen molar-refractivity contribution < 1.29 is 4.74 Å².